The van der Waals surface area contributed by atoms with Crippen LogP contribution in [0.25, 0.3) is 0 Å². The summed E-state index contributed by atoms with van der Waals surface area (Å²) in [5.41, 5.74) is 1.17. The maximum absolute atomic E-state index is 5.91. The molecule has 0 spiro atoms. The molecule has 0 aliphatic carbocycles. The van der Waals surface area contributed by atoms with Crippen LogP contribution < -0.4 is 5.32 Å². The molecule has 0 aliphatic rings. The highest BCUT2D eigenvalue weighted by atomic mass is 35.5. The van der Waals surface area contributed by atoms with E-state index in [-0.39, 0.29) is 5.54 Å². The van der Waals surface area contributed by atoms with E-state index in [0.717, 1.165) is 24.5 Å². The average Bonchev–Trinajstić information content (AvgIpc) is 2.88. The van der Waals surface area contributed by atoms with Crippen molar-refractivity contribution < 1.29 is 0 Å². The summed E-state index contributed by atoms with van der Waals surface area (Å²) in [5, 5.41) is 8.40. The molecule has 5 heteroatoms. The van der Waals surface area contributed by atoms with Gasteiger partial charge in [0.05, 0.1) is 0 Å². The Balaban J connectivity index is 1.82. The molecular formula is C14H19ClN4. The lowest BCUT2D eigenvalue weighted by Gasteiger charge is -2.27. The minimum Gasteiger partial charge on any atom is -0.308 e. The van der Waals surface area contributed by atoms with Gasteiger partial charge >= 0.3 is 0 Å². The highest BCUT2D eigenvalue weighted by Crippen LogP contribution is 2.21. The second-order valence-corrected chi connectivity index (χ2v) is 5.51. The number of benzene rings is 1. The molecule has 0 bridgehead atoms. The van der Waals surface area contributed by atoms with E-state index in [4.69, 9.17) is 11.6 Å². The zero-order valence-electron chi connectivity index (χ0n) is 11.3. The van der Waals surface area contributed by atoms with Crippen LogP contribution in [0.15, 0.2) is 36.9 Å². The fraction of sp³-hybridized carbons (Fsp3) is 0.429. The molecule has 0 atom stereocenters. The van der Waals surface area contributed by atoms with Crippen LogP contribution >= 0.6 is 11.6 Å². The number of nitrogens with zero attached hydrogens (tertiary/aromatic N) is 3. The molecule has 0 aliphatic heterocycles. The lowest BCUT2D eigenvalue weighted by molar-refractivity contribution is 0.389. The van der Waals surface area contributed by atoms with Crippen LogP contribution in [0, 0.1) is 0 Å². The molecule has 0 fully saturated rings. The maximum atomic E-state index is 5.91. The SMILES string of the molecule is CC(C)(NCCCn1cncn1)c1ccc(Cl)cc1. The van der Waals surface area contributed by atoms with Gasteiger partial charge in [-0.3, -0.25) is 4.68 Å². The summed E-state index contributed by atoms with van der Waals surface area (Å²) in [6, 6.07) is 7.98. The third-order valence-corrected chi connectivity index (χ3v) is 3.42. The lowest BCUT2D eigenvalue weighted by atomic mass is 9.94. The summed E-state index contributed by atoms with van der Waals surface area (Å²) in [6.45, 7) is 6.15. The lowest BCUT2D eigenvalue weighted by Crippen LogP contribution is -2.37. The van der Waals surface area contributed by atoms with Crippen LogP contribution in [0.2, 0.25) is 5.02 Å². The molecular weight excluding hydrogens is 260 g/mol. The largest absolute Gasteiger partial charge is 0.308 e. The summed E-state index contributed by atoms with van der Waals surface area (Å²) in [4.78, 5) is 3.92. The molecule has 0 amide bonds. The van der Waals surface area contributed by atoms with Crippen molar-refractivity contribution in [2.24, 2.45) is 0 Å². The molecule has 19 heavy (non-hydrogen) atoms. The second kappa shape index (κ2) is 6.17. The molecule has 1 N–H and O–H groups in total. The molecule has 1 aromatic carbocycles. The Bertz CT molecular complexity index is 491. The van der Waals surface area contributed by atoms with Gasteiger partial charge < -0.3 is 5.32 Å². The zero-order valence-corrected chi connectivity index (χ0v) is 12.1. The summed E-state index contributed by atoms with van der Waals surface area (Å²) < 4.78 is 1.84. The van der Waals surface area contributed by atoms with E-state index in [2.05, 4.69) is 41.4 Å². The van der Waals surface area contributed by atoms with Crippen LogP contribution in [-0.4, -0.2) is 21.3 Å². The Morgan fingerprint density at radius 1 is 1.26 bits per heavy atom. The standard InChI is InChI=1S/C14H19ClN4/c1-14(2,12-4-6-13(15)7-5-12)17-8-3-9-19-11-16-10-18-19/h4-7,10-11,17H,3,8-9H2,1-2H3. The summed E-state index contributed by atoms with van der Waals surface area (Å²) in [5.74, 6) is 0. The first-order valence-electron chi connectivity index (χ1n) is 6.41. The van der Waals surface area contributed by atoms with Crippen molar-refractivity contribution in [3.8, 4) is 0 Å². The summed E-state index contributed by atoms with van der Waals surface area (Å²) >= 11 is 5.91. The molecule has 4 nitrogen and oxygen atoms in total. The molecule has 1 heterocycles. The van der Waals surface area contributed by atoms with Crippen molar-refractivity contribution in [1.29, 1.82) is 0 Å². The third kappa shape index (κ3) is 4.04. The van der Waals surface area contributed by atoms with Gasteiger partial charge in [0, 0.05) is 17.1 Å². The van der Waals surface area contributed by atoms with E-state index >= 15 is 0 Å². The predicted molar refractivity (Wildman–Crippen MR) is 77.1 cm³/mol. The van der Waals surface area contributed by atoms with E-state index < -0.39 is 0 Å². The van der Waals surface area contributed by atoms with Crippen LogP contribution in [0.5, 0.6) is 0 Å². The number of hydrogen-bond donors (Lipinski definition) is 1. The van der Waals surface area contributed by atoms with Crippen LogP contribution in [-0.2, 0) is 12.1 Å². The van der Waals surface area contributed by atoms with Gasteiger partial charge in [-0.05, 0) is 44.5 Å². The normalized spacial score (nSPS) is 11.7. The Hall–Kier alpha value is -1.39. The average molecular weight is 279 g/mol. The molecule has 2 aromatic rings. The fourth-order valence-electron chi connectivity index (χ4n) is 1.96. The van der Waals surface area contributed by atoms with Gasteiger partial charge in [-0.25, -0.2) is 4.98 Å². The van der Waals surface area contributed by atoms with Crippen LogP contribution in [0.4, 0.5) is 0 Å². The van der Waals surface area contributed by atoms with E-state index in [9.17, 15) is 0 Å². The molecule has 102 valence electrons. The van der Waals surface area contributed by atoms with Gasteiger partial charge in [-0.15, -0.1) is 0 Å². The monoisotopic (exact) mass is 278 g/mol. The van der Waals surface area contributed by atoms with Gasteiger partial charge in [0.15, 0.2) is 0 Å². The quantitative estimate of drug-likeness (QED) is 0.826. The predicted octanol–water partition coefficient (Wildman–Crippen LogP) is 2.85. The van der Waals surface area contributed by atoms with Crippen molar-refractivity contribution in [2.75, 3.05) is 6.54 Å². The zero-order chi connectivity index (χ0) is 13.7. The van der Waals surface area contributed by atoms with E-state index in [1.807, 2.05) is 16.8 Å². The number of halogens is 1. The van der Waals surface area contributed by atoms with Gasteiger partial charge in [0.1, 0.15) is 12.7 Å². The highest BCUT2D eigenvalue weighted by Gasteiger charge is 2.18. The van der Waals surface area contributed by atoms with E-state index in [1.165, 1.54) is 5.56 Å². The number of rotatable bonds is 6. The smallest absolute Gasteiger partial charge is 0.137 e. The molecule has 0 radical (unpaired) electrons. The number of nitrogens with one attached hydrogen (secondary N) is 1. The van der Waals surface area contributed by atoms with E-state index in [0.29, 0.717) is 0 Å². The van der Waals surface area contributed by atoms with Crippen LogP contribution in [0.3, 0.4) is 0 Å². The van der Waals surface area contributed by atoms with Crippen molar-refractivity contribution >= 4 is 11.6 Å². The van der Waals surface area contributed by atoms with Crippen molar-refractivity contribution in [3.05, 3.63) is 47.5 Å². The van der Waals surface area contributed by atoms with Crippen molar-refractivity contribution in [1.82, 2.24) is 20.1 Å². The molecule has 0 saturated carbocycles. The minimum atomic E-state index is -0.0625. The van der Waals surface area contributed by atoms with Gasteiger partial charge in [-0.2, -0.15) is 5.10 Å². The topological polar surface area (TPSA) is 42.7 Å². The van der Waals surface area contributed by atoms with Gasteiger partial charge in [-0.1, -0.05) is 23.7 Å². The summed E-state index contributed by atoms with van der Waals surface area (Å²) in [6.07, 6.45) is 4.32. The molecule has 0 saturated heterocycles. The number of aryl methyl sites for hydroxylation is 1. The fourth-order valence-corrected chi connectivity index (χ4v) is 2.08. The molecule has 0 unspecified atom stereocenters. The first-order valence-corrected chi connectivity index (χ1v) is 6.79. The highest BCUT2D eigenvalue weighted by molar-refractivity contribution is 6.30. The Kier molecular flexibility index (Phi) is 4.56. The second-order valence-electron chi connectivity index (χ2n) is 5.07. The number of aromatic nitrogens is 3. The van der Waals surface area contributed by atoms with Crippen molar-refractivity contribution in [2.45, 2.75) is 32.4 Å². The first kappa shape index (κ1) is 14.0. The van der Waals surface area contributed by atoms with Crippen LogP contribution in [0.1, 0.15) is 25.8 Å². The summed E-state index contributed by atoms with van der Waals surface area (Å²) in [7, 11) is 0. The maximum Gasteiger partial charge on any atom is 0.137 e. The molecule has 2 rings (SSSR count). The Morgan fingerprint density at radius 3 is 2.63 bits per heavy atom. The Morgan fingerprint density at radius 2 is 2.00 bits per heavy atom. The minimum absolute atomic E-state index is 0.0625. The third-order valence-electron chi connectivity index (χ3n) is 3.16. The van der Waals surface area contributed by atoms with Crippen molar-refractivity contribution in [3.63, 3.8) is 0 Å². The number of hydrogen-bond acceptors (Lipinski definition) is 3. The van der Waals surface area contributed by atoms with Gasteiger partial charge in [0.2, 0.25) is 0 Å². The van der Waals surface area contributed by atoms with Gasteiger partial charge in [0.25, 0.3) is 0 Å². The molecule has 1 aromatic heterocycles. The van der Waals surface area contributed by atoms with E-state index in [1.54, 1.807) is 12.7 Å². The Labute approximate surface area is 118 Å². The first-order chi connectivity index (χ1) is 9.08.